The molecule has 0 radical (unpaired) electrons. The maximum Gasteiger partial charge on any atom is 0.331 e. The van der Waals surface area contributed by atoms with Crippen LogP contribution in [0.5, 0.6) is 0 Å². The van der Waals surface area contributed by atoms with Gasteiger partial charge in [0, 0.05) is 11.8 Å². The summed E-state index contributed by atoms with van der Waals surface area (Å²) in [4.78, 5) is 23.2. The van der Waals surface area contributed by atoms with E-state index in [4.69, 9.17) is 4.74 Å². The van der Waals surface area contributed by atoms with Crippen LogP contribution in [0.25, 0.3) is 6.08 Å². The summed E-state index contributed by atoms with van der Waals surface area (Å²) < 4.78 is 4.88. The second-order valence-electron chi connectivity index (χ2n) is 4.36. The number of para-hydroxylation sites is 1. The predicted molar refractivity (Wildman–Crippen MR) is 84.1 cm³/mol. The number of aryl methyl sites for hydroxylation is 1. The number of thiophene rings is 1. The van der Waals surface area contributed by atoms with Crippen LogP contribution in [0.1, 0.15) is 11.1 Å². The number of hydrogen-bond donors (Lipinski definition) is 1. The molecule has 21 heavy (non-hydrogen) atoms. The fourth-order valence-corrected chi connectivity index (χ4v) is 2.25. The van der Waals surface area contributed by atoms with Gasteiger partial charge in [0.15, 0.2) is 6.61 Å². The van der Waals surface area contributed by atoms with Gasteiger partial charge in [-0.3, -0.25) is 4.79 Å². The average Bonchev–Trinajstić information content (AvgIpc) is 2.99. The molecule has 2 rings (SSSR count). The minimum atomic E-state index is -0.541. The highest BCUT2D eigenvalue weighted by atomic mass is 32.1. The second kappa shape index (κ2) is 7.40. The number of hydrogen-bond acceptors (Lipinski definition) is 4. The minimum absolute atomic E-state index is 0.304. The molecule has 0 aliphatic heterocycles. The van der Waals surface area contributed by atoms with Gasteiger partial charge in [-0.2, -0.15) is 11.3 Å². The molecule has 1 N–H and O–H groups in total. The van der Waals surface area contributed by atoms with Crippen molar-refractivity contribution in [2.75, 3.05) is 11.9 Å². The maximum atomic E-state index is 11.7. The van der Waals surface area contributed by atoms with Gasteiger partial charge in [-0.1, -0.05) is 18.2 Å². The summed E-state index contributed by atoms with van der Waals surface area (Å²) in [6.45, 7) is 1.59. The van der Waals surface area contributed by atoms with Crippen molar-refractivity contribution in [1.82, 2.24) is 0 Å². The summed E-state index contributed by atoms with van der Waals surface area (Å²) in [5.41, 5.74) is 2.60. The highest BCUT2D eigenvalue weighted by Crippen LogP contribution is 2.12. The zero-order valence-electron chi connectivity index (χ0n) is 11.5. The fourth-order valence-electron chi connectivity index (χ4n) is 1.62. The molecule has 0 aliphatic carbocycles. The Morgan fingerprint density at radius 2 is 2.10 bits per heavy atom. The Balaban J connectivity index is 1.79. The molecule has 1 heterocycles. The van der Waals surface area contributed by atoms with Gasteiger partial charge < -0.3 is 10.1 Å². The monoisotopic (exact) mass is 301 g/mol. The quantitative estimate of drug-likeness (QED) is 0.681. The molecule has 5 heteroatoms. The van der Waals surface area contributed by atoms with Crippen molar-refractivity contribution < 1.29 is 14.3 Å². The Labute approximate surface area is 127 Å². The summed E-state index contributed by atoms with van der Waals surface area (Å²) in [5.74, 6) is -0.900. The van der Waals surface area contributed by atoms with E-state index >= 15 is 0 Å². The molecule has 0 fully saturated rings. The molecule has 0 saturated carbocycles. The summed E-state index contributed by atoms with van der Waals surface area (Å²) in [6.07, 6.45) is 2.96. The van der Waals surface area contributed by atoms with Crippen molar-refractivity contribution >= 4 is 35.0 Å². The van der Waals surface area contributed by atoms with E-state index in [1.54, 1.807) is 23.5 Å². The first-order chi connectivity index (χ1) is 10.1. The Hall–Kier alpha value is -2.40. The van der Waals surface area contributed by atoms with Crippen LogP contribution in [0.4, 0.5) is 5.69 Å². The first-order valence-corrected chi connectivity index (χ1v) is 7.32. The molecule has 0 aliphatic rings. The third-order valence-corrected chi connectivity index (χ3v) is 3.42. The molecule has 0 unspecified atom stereocenters. The lowest BCUT2D eigenvalue weighted by atomic mass is 10.2. The van der Waals surface area contributed by atoms with Crippen LogP contribution in [-0.4, -0.2) is 18.5 Å². The van der Waals surface area contributed by atoms with Crippen LogP contribution in [0, 0.1) is 6.92 Å². The van der Waals surface area contributed by atoms with E-state index in [9.17, 15) is 9.59 Å². The first-order valence-electron chi connectivity index (χ1n) is 6.37. The summed E-state index contributed by atoms with van der Waals surface area (Å²) in [5, 5.41) is 6.53. The third kappa shape index (κ3) is 4.89. The molecule has 0 spiro atoms. The van der Waals surface area contributed by atoms with Crippen LogP contribution in [0.3, 0.4) is 0 Å². The topological polar surface area (TPSA) is 55.4 Å². The molecule has 1 aromatic heterocycles. The molecule has 0 atom stereocenters. The highest BCUT2D eigenvalue weighted by molar-refractivity contribution is 7.08. The zero-order valence-corrected chi connectivity index (χ0v) is 12.4. The number of amides is 1. The number of carbonyl (C=O) groups is 2. The van der Waals surface area contributed by atoms with Gasteiger partial charge >= 0.3 is 5.97 Å². The number of anilines is 1. The molecule has 108 valence electrons. The molecule has 1 aromatic carbocycles. The largest absolute Gasteiger partial charge is 0.452 e. The number of rotatable bonds is 5. The summed E-state index contributed by atoms with van der Waals surface area (Å²) >= 11 is 1.54. The number of nitrogens with one attached hydrogen (secondary N) is 1. The standard InChI is InChI=1S/C16H15NO3S/c1-12-4-2-3-5-14(12)17-15(18)10-20-16(19)7-6-13-8-9-21-11-13/h2-9,11H,10H2,1H3,(H,17,18)/b7-6+. The lowest BCUT2D eigenvalue weighted by molar-refractivity contribution is -0.142. The van der Waals surface area contributed by atoms with E-state index in [1.165, 1.54) is 6.08 Å². The predicted octanol–water partition coefficient (Wildman–Crippen LogP) is 3.25. The van der Waals surface area contributed by atoms with Crippen molar-refractivity contribution in [3.05, 3.63) is 58.3 Å². The molecular weight excluding hydrogens is 286 g/mol. The highest BCUT2D eigenvalue weighted by Gasteiger charge is 2.06. The fraction of sp³-hybridized carbons (Fsp3) is 0.125. The van der Waals surface area contributed by atoms with Gasteiger partial charge in [0.2, 0.25) is 0 Å². The molecule has 4 nitrogen and oxygen atoms in total. The molecule has 0 bridgehead atoms. The van der Waals surface area contributed by atoms with Gasteiger partial charge in [-0.25, -0.2) is 4.79 Å². The summed E-state index contributed by atoms with van der Waals surface area (Å²) in [6, 6.07) is 9.30. The minimum Gasteiger partial charge on any atom is -0.452 e. The Morgan fingerprint density at radius 1 is 1.29 bits per heavy atom. The van der Waals surface area contributed by atoms with Crippen LogP contribution < -0.4 is 5.32 Å². The van der Waals surface area contributed by atoms with Crippen molar-refractivity contribution in [2.45, 2.75) is 6.92 Å². The van der Waals surface area contributed by atoms with Crippen molar-refractivity contribution in [2.24, 2.45) is 0 Å². The molecular formula is C16H15NO3S. The van der Waals surface area contributed by atoms with E-state index in [0.29, 0.717) is 5.69 Å². The smallest absolute Gasteiger partial charge is 0.331 e. The van der Waals surface area contributed by atoms with E-state index in [1.807, 2.05) is 41.9 Å². The number of benzene rings is 1. The van der Waals surface area contributed by atoms with Crippen molar-refractivity contribution in [3.8, 4) is 0 Å². The molecule has 1 amide bonds. The number of esters is 1. The lowest BCUT2D eigenvalue weighted by Gasteiger charge is -2.07. The molecule has 2 aromatic rings. The summed E-state index contributed by atoms with van der Waals surface area (Å²) in [7, 11) is 0. The van der Waals surface area contributed by atoms with Gasteiger partial charge in [-0.15, -0.1) is 0 Å². The lowest BCUT2D eigenvalue weighted by Crippen LogP contribution is -2.20. The van der Waals surface area contributed by atoms with Crippen LogP contribution in [-0.2, 0) is 14.3 Å². The average molecular weight is 301 g/mol. The number of ether oxygens (including phenoxy) is 1. The van der Waals surface area contributed by atoms with Crippen LogP contribution >= 0.6 is 11.3 Å². The van der Waals surface area contributed by atoms with Gasteiger partial charge in [-0.05, 0) is 47.0 Å². The SMILES string of the molecule is Cc1ccccc1NC(=O)COC(=O)/C=C/c1ccsc1. The number of carbonyl (C=O) groups excluding carboxylic acids is 2. The van der Waals surface area contributed by atoms with Gasteiger partial charge in [0.05, 0.1) is 0 Å². The Kier molecular flexibility index (Phi) is 5.29. The van der Waals surface area contributed by atoms with Crippen molar-refractivity contribution in [3.63, 3.8) is 0 Å². The zero-order chi connectivity index (χ0) is 15.1. The maximum absolute atomic E-state index is 11.7. The van der Waals surface area contributed by atoms with E-state index in [0.717, 1.165) is 11.1 Å². The van der Waals surface area contributed by atoms with Crippen LogP contribution in [0.15, 0.2) is 47.2 Å². The van der Waals surface area contributed by atoms with Crippen LogP contribution in [0.2, 0.25) is 0 Å². The first kappa shape index (κ1) is 15.0. The Bertz CT molecular complexity index is 647. The van der Waals surface area contributed by atoms with E-state index in [2.05, 4.69) is 5.32 Å². The van der Waals surface area contributed by atoms with Gasteiger partial charge in [0.25, 0.3) is 5.91 Å². The second-order valence-corrected chi connectivity index (χ2v) is 5.14. The van der Waals surface area contributed by atoms with E-state index < -0.39 is 5.97 Å². The molecule has 0 saturated heterocycles. The van der Waals surface area contributed by atoms with Gasteiger partial charge in [0.1, 0.15) is 0 Å². The Morgan fingerprint density at radius 3 is 2.81 bits per heavy atom. The third-order valence-electron chi connectivity index (χ3n) is 2.72. The van der Waals surface area contributed by atoms with E-state index in [-0.39, 0.29) is 12.5 Å². The van der Waals surface area contributed by atoms with Crippen molar-refractivity contribution in [1.29, 1.82) is 0 Å². The normalized spacial score (nSPS) is 10.5.